The maximum absolute atomic E-state index is 11.4. The standard InChI is InChI=1S/C10H12BO8/c12-7-3-1-4-8(13)17-11(16-7)18-9(14)5-2-6-10(15)19-11/h1-6H2/q-1. The minimum absolute atomic E-state index is 0.0479. The molecule has 2 aliphatic rings. The van der Waals surface area contributed by atoms with Gasteiger partial charge in [-0.2, -0.15) is 0 Å². The van der Waals surface area contributed by atoms with Gasteiger partial charge in [-0.1, -0.05) is 0 Å². The molecule has 0 bridgehead atoms. The first kappa shape index (κ1) is 13.4. The smallest absolute Gasteiger partial charge is 0.585 e. The minimum Gasteiger partial charge on any atom is -0.585 e. The van der Waals surface area contributed by atoms with Crippen molar-refractivity contribution in [2.24, 2.45) is 0 Å². The molecule has 0 saturated carbocycles. The van der Waals surface area contributed by atoms with E-state index in [9.17, 15) is 19.2 Å². The largest absolute Gasteiger partial charge is 0.784 e. The molecule has 19 heavy (non-hydrogen) atoms. The highest BCUT2D eigenvalue weighted by molar-refractivity contribution is 6.61. The molecule has 0 amide bonds. The number of hydrogen-bond acceptors (Lipinski definition) is 8. The van der Waals surface area contributed by atoms with E-state index in [0.29, 0.717) is 0 Å². The maximum atomic E-state index is 11.4. The van der Waals surface area contributed by atoms with E-state index in [1.807, 2.05) is 0 Å². The van der Waals surface area contributed by atoms with E-state index >= 15 is 0 Å². The van der Waals surface area contributed by atoms with Crippen molar-refractivity contribution in [1.29, 1.82) is 0 Å². The van der Waals surface area contributed by atoms with Crippen LogP contribution < -0.4 is 0 Å². The third-order valence-corrected chi connectivity index (χ3v) is 2.63. The predicted octanol–water partition coefficient (Wildman–Crippen LogP) is -0.0374. The Kier molecular flexibility index (Phi) is 3.73. The van der Waals surface area contributed by atoms with Crippen molar-refractivity contribution < 1.29 is 37.8 Å². The monoisotopic (exact) mass is 271 g/mol. The first-order chi connectivity index (χ1) is 8.99. The van der Waals surface area contributed by atoms with Crippen LogP contribution in [-0.4, -0.2) is 30.8 Å². The zero-order valence-corrected chi connectivity index (χ0v) is 10.1. The fourth-order valence-electron chi connectivity index (χ4n) is 1.78. The van der Waals surface area contributed by atoms with E-state index < -0.39 is 30.8 Å². The summed E-state index contributed by atoms with van der Waals surface area (Å²) in [6, 6.07) is 0. The van der Waals surface area contributed by atoms with Crippen LogP contribution in [0.25, 0.3) is 0 Å². The molecule has 104 valence electrons. The van der Waals surface area contributed by atoms with Crippen LogP contribution in [0, 0.1) is 0 Å². The third-order valence-electron chi connectivity index (χ3n) is 2.63. The molecule has 0 aromatic rings. The molecule has 0 aromatic carbocycles. The quantitative estimate of drug-likeness (QED) is 0.565. The van der Waals surface area contributed by atoms with Crippen LogP contribution in [0.4, 0.5) is 0 Å². The highest BCUT2D eigenvalue weighted by atomic mass is 16.9. The van der Waals surface area contributed by atoms with Gasteiger partial charge in [0.2, 0.25) is 0 Å². The van der Waals surface area contributed by atoms with Crippen LogP contribution in [0.15, 0.2) is 0 Å². The van der Waals surface area contributed by atoms with Gasteiger partial charge < -0.3 is 18.6 Å². The molecule has 2 rings (SSSR count). The molecule has 1 spiro atoms. The summed E-state index contributed by atoms with van der Waals surface area (Å²) in [6.07, 6.45) is 0.320. The average molecular weight is 271 g/mol. The highest BCUT2D eigenvalue weighted by Crippen LogP contribution is 2.22. The molecular formula is C10H12BO8-. The summed E-state index contributed by atoms with van der Waals surface area (Å²) < 4.78 is 19.0. The van der Waals surface area contributed by atoms with Crippen LogP contribution >= 0.6 is 0 Å². The van der Waals surface area contributed by atoms with Crippen LogP contribution in [0.2, 0.25) is 0 Å². The van der Waals surface area contributed by atoms with Crippen LogP contribution in [0.1, 0.15) is 38.5 Å². The van der Waals surface area contributed by atoms with E-state index in [4.69, 9.17) is 18.6 Å². The number of carbonyl (C=O) groups is 4. The normalized spacial score (nSPS) is 24.0. The second-order valence-electron chi connectivity index (χ2n) is 4.24. The zero-order chi connectivity index (χ0) is 13.9. The van der Waals surface area contributed by atoms with Gasteiger partial charge in [0.15, 0.2) is 0 Å². The van der Waals surface area contributed by atoms with Gasteiger partial charge in [-0.05, 0) is 12.8 Å². The highest BCUT2D eigenvalue weighted by Gasteiger charge is 2.49. The van der Waals surface area contributed by atoms with E-state index in [-0.39, 0.29) is 38.5 Å². The lowest BCUT2D eigenvalue weighted by molar-refractivity contribution is -0.166. The first-order valence-electron chi connectivity index (χ1n) is 5.99. The summed E-state index contributed by atoms with van der Waals surface area (Å²) >= 11 is 0. The molecule has 2 aliphatic heterocycles. The fourth-order valence-corrected chi connectivity index (χ4v) is 1.78. The fraction of sp³-hybridized carbons (Fsp3) is 0.600. The van der Waals surface area contributed by atoms with Crippen molar-refractivity contribution in [2.75, 3.05) is 0 Å². The Balaban J connectivity index is 2.25. The summed E-state index contributed by atoms with van der Waals surface area (Å²) in [7, 11) is 0. The van der Waals surface area contributed by atoms with Crippen molar-refractivity contribution >= 4 is 30.8 Å². The second-order valence-corrected chi connectivity index (χ2v) is 4.24. The first-order valence-corrected chi connectivity index (χ1v) is 5.99. The Morgan fingerprint density at radius 2 is 0.842 bits per heavy atom. The number of carbonyl (C=O) groups excluding carboxylic acids is 4. The average Bonchev–Trinajstić information content (AvgIpc) is 2.24. The Labute approximate surface area is 108 Å². The summed E-state index contributed by atoms with van der Waals surface area (Å²) in [6.45, 7) is -3.46. The summed E-state index contributed by atoms with van der Waals surface area (Å²) in [5.74, 6) is -3.02. The molecule has 2 heterocycles. The van der Waals surface area contributed by atoms with Gasteiger partial charge in [-0.25, -0.2) is 0 Å². The molecule has 2 saturated heterocycles. The SMILES string of the molecule is O=C1CCCC(=O)O[B-]2(O1)OC(=O)CCCC(=O)O2. The van der Waals surface area contributed by atoms with Gasteiger partial charge in [0.05, 0.1) is 0 Å². The molecular weight excluding hydrogens is 259 g/mol. The molecule has 0 radical (unpaired) electrons. The van der Waals surface area contributed by atoms with Crippen LogP contribution in [0.3, 0.4) is 0 Å². The van der Waals surface area contributed by atoms with Crippen molar-refractivity contribution in [3.8, 4) is 0 Å². The molecule has 8 nitrogen and oxygen atoms in total. The van der Waals surface area contributed by atoms with Crippen molar-refractivity contribution in [1.82, 2.24) is 0 Å². The van der Waals surface area contributed by atoms with Gasteiger partial charge in [-0.3, -0.25) is 19.2 Å². The Morgan fingerprint density at radius 1 is 0.579 bits per heavy atom. The Morgan fingerprint density at radius 3 is 1.11 bits per heavy atom. The molecule has 0 N–H and O–H groups in total. The van der Waals surface area contributed by atoms with Crippen LogP contribution in [-0.2, 0) is 37.8 Å². The summed E-state index contributed by atoms with van der Waals surface area (Å²) in [5.41, 5.74) is 0. The zero-order valence-electron chi connectivity index (χ0n) is 10.1. The summed E-state index contributed by atoms with van der Waals surface area (Å²) in [4.78, 5) is 45.8. The van der Waals surface area contributed by atoms with Gasteiger partial charge in [0, 0.05) is 25.7 Å². The molecule has 0 aromatic heterocycles. The summed E-state index contributed by atoms with van der Waals surface area (Å²) in [5, 5.41) is 0. The van der Waals surface area contributed by atoms with E-state index in [0.717, 1.165) is 0 Å². The molecule has 0 atom stereocenters. The topological polar surface area (TPSA) is 105 Å². The lowest BCUT2D eigenvalue weighted by Crippen LogP contribution is -2.55. The number of rotatable bonds is 0. The van der Waals surface area contributed by atoms with Gasteiger partial charge >= 0.3 is 6.96 Å². The maximum Gasteiger partial charge on any atom is 0.784 e. The van der Waals surface area contributed by atoms with Crippen molar-refractivity contribution in [3.05, 3.63) is 0 Å². The third kappa shape index (κ3) is 3.46. The van der Waals surface area contributed by atoms with Crippen molar-refractivity contribution in [3.63, 3.8) is 0 Å². The van der Waals surface area contributed by atoms with E-state index in [1.54, 1.807) is 0 Å². The van der Waals surface area contributed by atoms with Gasteiger partial charge in [0.25, 0.3) is 23.9 Å². The van der Waals surface area contributed by atoms with Crippen molar-refractivity contribution in [2.45, 2.75) is 38.5 Å². The van der Waals surface area contributed by atoms with E-state index in [2.05, 4.69) is 0 Å². The van der Waals surface area contributed by atoms with E-state index in [1.165, 1.54) is 0 Å². The Bertz CT molecular complexity index is 352. The predicted molar refractivity (Wildman–Crippen MR) is 57.8 cm³/mol. The molecule has 0 aliphatic carbocycles. The van der Waals surface area contributed by atoms with Crippen LogP contribution in [0.5, 0.6) is 0 Å². The molecule has 2 fully saturated rings. The second kappa shape index (κ2) is 5.29. The lowest BCUT2D eigenvalue weighted by Gasteiger charge is -2.40. The molecule has 9 heteroatoms. The minimum atomic E-state index is -3.46. The lowest BCUT2D eigenvalue weighted by atomic mass is 10.0. The number of hydrogen-bond donors (Lipinski definition) is 0. The van der Waals surface area contributed by atoms with Gasteiger partial charge in [-0.15, -0.1) is 0 Å². The van der Waals surface area contributed by atoms with Gasteiger partial charge in [0.1, 0.15) is 0 Å². The Hall–Kier alpha value is -2.06. The molecule has 0 unspecified atom stereocenters.